The van der Waals surface area contributed by atoms with Gasteiger partial charge in [0, 0.05) is 17.7 Å². The summed E-state index contributed by atoms with van der Waals surface area (Å²) in [5, 5.41) is 21.6. The lowest BCUT2D eigenvalue weighted by molar-refractivity contribution is -0.137. The summed E-state index contributed by atoms with van der Waals surface area (Å²) in [7, 11) is 0. The molecular formula is C17H17NO4. The average Bonchev–Trinajstić information content (AvgIpc) is 2.49. The molecule has 0 saturated heterocycles. The van der Waals surface area contributed by atoms with Crippen molar-refractivity contribution in [3.8, 4) is 5.75 Å². The second-order valence-corrected chi connectivity index (χ2v) is 5.01. The Morgan fingerprint density at radius 3 is 2.32 bits per heavy atom. The summed E-state index contributed by atoms with van der Waals surface area (Å²) in [5.41, 5.74) is 1.73. The maximum Gasteiger partial charge on any atom is 0.326 e. The molecule has 0 bridgehead atoms. The van der Waals surface area contributed by atoms with Gasteiger partial charge in [-0.15, -0.1) is 0 Å². The molecule has 0 spiro atoms. The van der Waals surface area contributed by atoms with E-state index in [4.69, 9.17) is 0 Å². The van der Waals surface area contributed by atoms with Crippen LogP contribution in [-0.2, 0) is 11.2 Å². The zero-order valence-corrected chi connectivity index (χ0v) is 12.1. The standard InChI is InChI=1S/C17H17NO4/c1-11(19)14-4-2-3-5-15(14)18-16(17(21)22)10-12-6-8-13(20)9-7-12/h2-9,16,18,20H,10H2,1H3,(H,21,22). The number of hydrogen-bond donors (Lipinski definition) is 3. The van der Waals surface area contributed by atoms with Gasteiger partial charge in [-0.2, -0.15) is 0 Å². The Balaban J connectivity index is 2.21. The van der Waals surface area contributed by atoms with Crippen LogP contribution in [0.4, 0.5) is 5.69 Å². The fourth-order valence-electron chi connectivity index (χ4n) is 2.17. The van der Waals surface area contributed by atoms with Crippen LogP contribution in [0.25, 0.3) is 0 Å². The summed E-state index contributed by atoms with van der Waals surface area (Å²) in [5.74, 6) is -1.01. The second-order valence-electron chi connectivity index (χ2n) is 5.01. The highest BCUT2D eigenvalue weighted by atomic mass is 16.4. The first-order valence-corrected chi connectivity index (χ1v) is 6.84. The number of aliphatic carboxylic acids is 1. The SMILES string of the molecule is CC(=O)c1ccccc1NC(Cc1ccc(O)cc1)C(=O)O. The van der Waals surface area contributed by atoms with Crippen molar-refractivity contribution in [2.75, 3.05) is 5.32 Å². The number of carboxylic acid groups (broad SMARTS) is 1. The molecule has 1 unspecified atom stereocenters. The number of nitrogens with one attached hydrogen (secondary N) is 1. The fourth-order valence-corrected chi connectivity index (χ4v) is 2.17. The third-order valence-corrected chi connectivity index (χ3v) is 3.31. The predicted octanol–water partition coefficient (Wildman–Crippen LogP) is 2.70. The summed E-state index contributed by atoms with van der Waals surface area (Å²) < 4.78 is 0. The molecule has 22 heavy (non-hydrogen) atoms. The molecule has 5 nitrogen and oxygen atoms in total. The van der Waals surface area contributed by atoms with Crippen molar-refractivity contribution in [1.82, 2.24) is 0 Å². The lowest BCUT2D eigenvalue weighted by atomic mass is 10.0. The molecular weight excluding hydrogens is 282 g/mol. The fraction of sp³-hybridized carbons (Fsp3) is 0.176. The van der Waals surface area contributed by atoms with Crippen LogP contribution >= 0.6 is 0 Å². The number of carbonyl (C=O) groups is 2. The maximum atomic E-state index is 11.6. The number of ketones is 1. The van der Waals surface area contributed by atoms with Gasteiger partial charge >= 0.3 is 5.97 Å². The van der Waals surface area contributed by atoms with Crippen molar-refractivity contribution in [3.05, 3.63) is 59.7 Å². The van der Waals surface area contributed by atoms with Crippen LogP contribution < -0.4 is 5.32 Å². The average molecular weight is 299 g/mol. The second kappa shape index (κ2) is 6.76. The van der Waals surface area contributed by atoms with Crippen LogP contribution in [0.5, 0.6) is 5.75 Å². The molecule has 5 heteroatoms. The number of phenolic OH excluding ortho intramolecular Hbond substituents is 1. The van der Waals surface area contributed by atoms with Gasteiger partial charge in [-0.25, -0.2) is 4.79 Å². The zero-order chi connectivity index (χ0) is 16.1. The Morgan fingerprint density at radius 2 is 1.73 bits per heavy atom. The molecule has 0 aliphatic rings. The number of benzene rings is 2. The number of phenols is 1. The Hall–Kier alpha value is -2.82. The van der Waals surface area contributed by atoms with E-state index in [1.54, 1.807) is 36.4 Å². The van der Waals surface area contributed by atoms with E-state index >= 15 is 0 Å². The molecule has 0 fully saturated rings. The van der Waals surface area contributed by atoms with E-state index in [-0.39, 0.29) is 18.0 Å². The van der Waals surface area contributed by atoms with E-state index in [0.29, 0.717) is 11.3 Å². The molecule has 1 atom stereocenters. The van der Waals surface area contributed by atoms with E-state index in [1.807, 2.05) is 0 Å². The Bertz CT molecular complexity index is 679. The Morgan fingerprint density at radius 1 is 1.09 bits per heavy atom. The van der Waals surface area contributed by atoms with Gasteiger partial charge < -0.3 is 15.5 Å². The summed E-state index contributed by atoms with van der Waals surface area (Å²) in [6.45, 7) is 1.44. The lowest BCUT2D eigenvalue weighted by Gasteiger charge is -2.17. The number of para-hydroxylation sites is 1. The molecule has 0 heterocycles. The molecule has 0 aromatic heterocycles. The third kappa shape index (κ3) is 3.85. The van der Waals surface area contributed by atoms with Crippen molar-refractivity contribution in [1.29, 1.82) is 0 Å². The van der Waals surface area contributed by atoms with Gasteiger partial charge in [0.2, 0.25) is 0 Å². The monoisotopic (exact) mass is 299 g/mol. The van der Waals surface area contributed by atoms with Crippen LogP contribution in [0.15, 0.2) is 48.5 Å². The van der Waals surface area contributed by atoms with Crippen LogP contribution in [0, 0.1) is 0 Å². The highest BCUT2D eigenvalue weighted by Gasteiger charge is 2.19. The first-order chi connectivity index (χ1) is 10.5. The summed E-state index contributed by atoms with van der Waals surface area (Å²) in [6.07, 6.45) is 0.238. The highest BCUT2D eigenvalue weighted by Crippen LogP contribution is 2.19. The summed E-state index contributed by atoms with van der Waals surface area (Å²) >= 11 is 0. The Labute approximate surface area is 128 Å². The quantitative estimate of drug-likeness (QED) is 0.714. The molecule has 0 radical (unpaired) electrons. The van der Waals surface area contributed by atoms with Crippen molar-refractivity contribution in [2.45, 2.75) is 19.4 Å². The minimum atomic E-state index is -1.01. The van der Waals surface area contributed by atoms with Crippen molar-refractivity contribution in [3.63, 3.8) is 0 Å². The number of carboxylic acids is 1. The first-order valence-electron chi connectivity index (χ1n) is 6.84. The van der Waals surface area contributed by atoms with Crippen molar-refractivity contribution in [2.24, 2.45) is 0 Å². The van der Waals surface area contributed by atoms with E-state index in [1.165, 1.54) is 19.1 Å². The van der Waals surface area contributed by atoms with E-state index < -0.39 is 12.0 Å². The molecule has 0 aliphatic carbocycles. The number of anilines is 1. The minimum Gasteiger partial charge on any atom is -0.508 e. The van der Waals surface area contributed by atoms with Gasteiger partial charge in [0.1, 0.15) is 11.8 Å². The van der Waals surface area contributed by atoms with Crippen molar-refractivity contribution >= 4 is 17.4 Å². The largest absolute Gasteiger partial charge is 0.508 e. The normalized spacial score (nSPS) is 11.7. The zero-order valence-electron chi connectivity index (χ0n) is 12.1. The smallest absolute Gasteiger partial charge is 0.326 e. The van der Waals surface area contributed by atoms with Crippen LogP contribution in [0.3, 0.4) is 0 Å². The number of aromatic hydroxyl groups is 1. The third-order valence-electron chi connectivity index (χ3n) is 3.31. The van der Waals surface area contributed by atoms with Gasteiger partial charge in [0.15, 0.2) is 5.78 Å². The van der Waals surface area contributed by atoms with Gasteiger partial charge in [0.05, 0.1) is 0 Å². The molecule has 3 N–H and O–H groups in total. The van der Waals surface area contributed by atoms with Gasteiger partial charge in [-0.05, 0) is 36.8 Å². The summed E-state index contributed by atoms with van der Waals surface area (Å²) in [4.78, 5) is 23.1. The van der Waals surface area contributed by atoms with Gasteiger partial charge in [-0.3, -0.25) is 4.79 Å². The highest BCUT2D eigenvalue weighted by molar-refractivity contribution is 6.00. The molecule has 2 aromatic carbocycles. The van der Waals surface area contributed by atoms with E-state index in [9.17, 15) is 19.8 Å². The molecule has 2 rings (SSSR count). The number of Topliss-reactive ketones (excluding diaryl/α,β-unsaturated/α-hetero) is 1. The van der Waals surface area contributed by atoms with E-state index in [0.717, 1.165) is 5.56 Å². The number of carbonyl (C=O) groups excluding carboxylic acids is 1. The lowest BCUT2D eigenvalue weighted by Crippen LogP contribution is -2.32. The van der Waals surface area contributed by atoms with E-state index in [2.05, 4.69) is 5.32 Å². The van der Waals surface area contributed by atoms with Crippen LogP contribution in [0.2, 0.25) is 0 Å². The first kappa shape index (κ1) is 15.6. The molecule has 114 valence electrons. The Kier molecular flexibility index (Phi) is 4.78. The molecule has 2 aromatic rings. The number of rotatable bonds is 6. The molecule has 0 amide bonds. The topological polar surface area (TPSA) is 86.6 Å². The predicted molar refractivity (Wildman–Crippen MR) is 83.3 cm³/mol. The van der Waals surface area contributed by atoms with Gasteiger partial charge in [-0.1, -0.05) is 24.3 Å². The van der Waals surface area contributed by atoms with Gasteiger partial charge in [0.25, 0.3) is 0 Å². The molecule has 0 aliphatic heterocycles. The van der Waals surface area contributed by atoms with Crippen molar-refractivity contribution < 1.29 is 19.8 Å². The summed E-state index contributed by atoms with van der Waals surface area (Å²) in [6, 6.07) is 12.3. The van der Waals surface area contributed by atoms with Crippen LogP contribution in [-0.4, -0.2) is 28.0 Å². The maximum absolute atomic E-state index is 11.6. The number of hydrogen-bond acceptors (Lipinski definition) is 4. The minimum absolute atomic E-state index is 0.128. The van der Waals surface area contributed by atoms with Crippen LogP contribution in [0.1, 0.15) is 22.8 Å². The molecule has 0 saturated carbocycles.